The molecule has 3 rings (SSSR count). The van der Waals surface area contributed by atoms with Gasteiger partial charge in [-0.2, -0.15) is 5.26 Å². The average molecular weight is 252 g/mol. The van der Waals surface area contributed by atoms with E-state index in [1.54, 1.807) is 7.11 Å². The van der Waals surface area contributed by atoms with Crippen LogP contribution in [0.1, 0.15) is 36.3 Å². The highest BCUT2D eigenvalue weighted by molar-refractivity contribution is 5.85. The third-order valence-electron chi connectivity index (χ3n) is 4.02. The zero-order valence-corrected chi connectivity index (χ0v) is 11.0. The average Bonchev–Trinajstić information content (AvgIpc) is 2.94. The minimum atomic E-state index is 0.414. The van der Waals surface area contributed by atoms with Gasteiger partial charge in [0.2, 0.25) is 0 Å². The number of methoxy groups -OCH3 is 1. The lowest BCUT2D eigenvalue weighted by molar-refractivity contribution is 0.412. The molecule has 1 aliphatic carbocycles. The van der Waals surface area contributed by atoms with Crippen LogP contribution in [-0.4, -0.2) is 19.9 Å². The quantitative estimate of drug-likeness (QED) is 0.811. The van der Waals surface area contributed by atoms with E-state index in [0.29, 0.717) is 17.2 Å². The van der Waals surface area contributed by atoms with Crippen LogP contribution in [0.2, 0.25) is 0 Å². The summed E-state index contributed by atoms with van der Waals surface area (Å²) >= 11 is 0. The number of ether oxygens (including phenoxy) is 1. The van der Waals surface area contributed by atoms with Crippen molar-refractivity contribution in [1.29, 1.82) is 5.26 Å². The molecule has 0 saturated carbocycles. The molecular formula is C16H16N2O. The molecule has 1 unspecified atom stereocenters. The largest absolute Gasteiger partial charge is 0.495 e. The molecule has 1 aliphatic heterocycles. The minimum Gasteiger partial charge on any atom is -0.495 e. The van der Waals surface area contributed by atoms with E-state index in [4.69, 9.17) is 10.00 Å². The molecule has 1 aromatic carbocycles. The van der Waals surface area contributed by atoms with Crippen LogP contribution in [0.4, 0.5) is 0 Å². The zero-order valence-electron chi connectivity index (χ0n) is 11.0. The lowest BCUT2D eigenvalue weighted by Crippen LogP contribution is -2.10. The predicted molar refractivity (Wildman–Crippen MR) is 74.7 cm³/mol. The zero-order chi connectivity index (χ0) is 13.2. The van der Waals surface area contributed by atoms with Crippen LogP contribution in [0.3, 0.4) is 0 Å². The van der Waals surface area contributed by atoms with Crippen molar-refractivity contribution >= 4 is 6.21 Å². The molecule has 0 saturated heterocycles. The predicted octanol–water partition coefficient (Wildman–Crippen LogP) is 3.22. The van der Waals surface area contributed by atoms with Gasteiger partial charge in [0.1, 0.15) is 11.8 Å². The van der Waals surface area contributed by atoms with Crippen LogP contribution in [0.5, 0.6) is 5.75 Å². The molecule has 3 heteroatoms. The smallest absolute Gasteiger partial charge is 0.136 e. The third-order valence-corrected chi connectivity index (χ3v) is 4.02. The first kappa shape index (κ1) is 12.0. The number of nitriles is 1. The fraction of sp³-hybridized carbons (Fsp3) is 0.375. The lowest BCUT2D eigenvalue weighted by Gasteiger charge is -2.24. The lowest BCUT2D eigenvalue weighted by atomic mass is 9.80. The molecule has 1 atom stereocenters. The molecule has 1 aromatic rings. The van der Waals surface area contributed by atoms with Crippen molar-refractivity contribution in [3.63, 3.8) is 0 Å². The van der Waals surface area contributed by atoms with Crippen molar-refractivity contribution in [2.24, 2.45) is 4.99 Å². The Morgan fingerprint density at radius 3 is 3.11 bits per heavy atom. The summed E-state index contributed by atoms with van der Waals surface area (Å²) in [4.78, 5) is 4.40. The van der Waals surface area contributed by atoms with Crippen molar-refractivity contribution in [1.82, 2.24) is 0 Å². The molecule has 3 nitrogen and oxygen atoms in total. The van der Waals surface area contributed by atoms with Crippen molar-refractivity contribution < 1.29 is 4.74 Å². The Morgan fingerprint density at radius 1 is 1.42 bits per heavy atom. The van der Waals surface area contributed by atoms with Gasteiger partial charge in [0.05, 0.1) is 19.2 Å². The van der Waals surface area contributed by atoms with E-state index in [0.717, 1.165) is 13.0 Å². The fourth-order valence-corrected chi connectivity index (χ4v) is 3.03. The Labute approximate surface area is 113 Å². The van der Waals surface area contributed by atoms with E-state index >= 15 is 0 Å². The number of allylic oxidation sites excluding steroid dienone is 1. The molecular weight excluding hydrogens is 236 g/mol. The van der Waals surface area contributed by atoms with Gasteiger partial charge in [0.25, 0.3) is 0 Å². The molecule has 0 fully saturated rings. The molecule has 0 aromatic heterocycles. The monoisotopic (exact) mass is 252 g/mol. The first-order valence-electron chi connectivity index (χ1n) is 6.63. The summed E-state index contributed by atoms with van der Waals surface area (Å²) < 4.78 is 5.31. The van der Waals surface area contributed by atoms with Gasteiger partial charge in [0, 0.05) is 12.1 Å². The summed E-state index contributed by atoms with van der Waals surface area (Å²) in [6.07, 6.45) is 5.58. The van der Waals surface area contributed by atoms with E-state index in [9.17, 15) is 0 Å². The summed E-state index contributed by atoms with van der Waals surface area (Å²) in [5, 5.41) is 9.04. The molecule has 19 heavy (non-hydrogen) atoms. The van der Waals surface area contributed by atoms with Crippen LogP contribution >= 0.6 is 0 Å². The standard InChI is InChI=1S/C16H16N2O/c1-19-16-7-11(5-6-12(16)8-17)14-4-2-3-13-9-18-10-15(13)14/h5-7,10,14H,2-4,9H2,1H3. The highest BCUT2D eigenvalue weighted by atomic mass is 16.5. The molecule has 0 N–H and O–H groups in total. The SMILES string of the molecule is COc1cc(C2CCCC3=C2C=NC3)ccc1C#N. The maximum absolute atomic E-state index is 9.04. The van der Waals surface area contributed by atoms with Crippen molar-refractivity contribution in [3.8, 4) is 11.8 Å². The van der Waals surface area contributed by atoms with Gasteiger partial charge in [-0.05, 0) is 48.1 Å². The number of rotatable bonds is 2. The molecule has 1 heterocycles. The first-order chi connectivity index (χ1) is 9.33. The molecule has 0 bridgehead atoms. The Balaban J connectivity index is 2.01. The maximum atomic E-state index is 9.04. The van der Waals surface area contributed by atoms with Crippen molar-refractivity contribution in [3.05, 3.63) is 40.5 Å². The summed E-state index contributed by atoms with van der Waals surface area (Å²) in [7, 11) is 1.61. The topological polar surface area (TPSA) is 45.4 Å². The number of hydrogen-bond acceptors (Lipinski definition) is 3. The van der Waals surface area contributed by atoms with E-state index in [-0.39, 0.29) is 0 Å². The van der Waals surface area contributed by atoms with Crippen LogP contribution in [0.25, 0.3) is 0 Å². The second kappa shape index (κ2) is 4.89. The Morgan fingerprint density at radius 2 is 2.32 bits per heavy atom. The summed E-state index contributed by atoms with van der Waals surface area (Å²) in [6, 6.07) is 8.07. The van der Waals surface area contributed by atoms with Crippen molar-refractivity contribution in [2.45, 2.75) is 25.2 Å². The van der Waals surface area contributed by atoms with Gasteiger partial charge in [-0.25, -0.2) is 0 Å². The third kappa shape index (κ3) is 2.04. The molecule has 2 aliphatic rings. The maximum Gasteiger partial charge on any atom is 0.136 e. The number of nitrogens with zero attached hydrogens (tertiary/aromatic N) is 2. The Bertz CT molecular complexity index is 608. The molecule has 0 radical (unpaired) electrons. The van der Waals surface area contributed by atoms with Gasteiger partial charge >= 0.3 is 0 Å². The molecule has 96 valence electrons. The summed E-state index contributed by atoms with van der Waals surface area (Å²) in [5.41, 5.74) is 4.70. The molecule has 0 spiro atoms. The van der Waals surface area contributed by atoms with Gasteiger partial charge < -0.3 is 4.74 Å². The second-order valence-electron chi connectivity index (χ2n) is 5.05. The van der Waals surface area contributed by atoms with E-state index in [2.05, 4.69) is 11.1 Å². The summed E-state index contributed by atoms with van der Waals surface area (Å²) in [5.74, 6) is 1.08. The molecule has 0 amide bonds. The highest BCUT2D eigenvalue weighted by Gasteiger charge is 2.26. The second-order valence-corrected chi connectivity index (χ2v) is 5.05. The normalized spacial score (nSPS) is 21.2. The van der Waals surface area contributed by atoms with Gasteiger partial charge in [-0.3, -0.25) is 4.99 Å². The Hall–Kier alpha value is -2.08. The van der Waals surface area contributed by atoms with Crippen LogP contribution < -0.4 is 4.74 Å². The van der Waals surface area contributed by atoms with Gasteiger partial charge in [0.15, 0.2) is 0 Å². The van der Waals surface area contributed by atoms with Crippen LogP contribution in [0.15, 0.2) is 34.3 Å². The number of hydrogen-bond donors (Lipinski definition) is 0. The number of aliphatic imine (C=N–C) groups is 1. The van der Waals surface area contributed by atoms with E-state index < -0.39 is 0 Å². The van der Waals surface area contributed by atoms with Gasteiger partial charge in [-0.15, -0.1) is 0 Å². The highest BCUT2D eigenvalue weighted by Crippen LogP contribution is 2.39. The Kier molecular flexibility index (Phi) is 3.08. The van der Waals surface area contributed by atoms with Crippen LogP contribution in [-0.2, 0) is 0 Å². The van der Waals surface area contributed by atoms with E-state index in [1.807, 2.05) is 24.4 Å². The number of benzene rings is 1. The first-order valence-corrected chi connectivity index (χ1v) is 6.63. The summed E-state index contributed by atoms with van der Waals surface area (Å²) in [6.45, 7) is 0.874. The van der Waals surface area contributed by atoms with Crippen molar-refractivity contribution in [2.75, 3.05) is 13.7 Å². The van der Waals surface area contributed by atoms with Crippen LogP contribution in [0, 0.1) is 11.3 Å². The van der Waals surface area contributed by atoms with E-state index in [1.165, 1.54) is 29.6 Å². The van der Waals surface area contributed by atoms with Gasteiger partial charge in [-0.1, -0.05) is 6.07 Å². The fourth-order valence-electron chi connectivity index (χ4n) is 3.03. The minimum absolute atomic E-state index is 0.414.